The molecule has 2 atom stereocenters. The molecular weight excluding hydrogens is 142 g/mol. The molecule has 11 heavy (non-hydrogen) atoms. The van der Waals surface area contributed by atoms with Crippen LogP contribution in [0.4, 0.5) is 0 Å². The molecule has 66 valence electrons. The third-order valence-corrected chi connectivity index (χ3v) is 2.37. The van der Waals surface area contributed by atoms with Crippen molar-refractivity contribution in [1.82, 2.24) is 5.32 Å². The van der Waals surface area contributed by atoms with Crippen LogP contribution in [0.15, 0.2) is 0 Å². The van der Waals surface area contributed by atoms with E-state index in [-0.39, 0.29) is 12.0 Å². The van der Waals surface area contributed by atoms with Crippen molar-refractivity contribution >= 4 is 0 Å². The van der Waals surface area contributed by atoms with Crippen LogP contribution < -0.4 is 5.32 Å². The highest BCUT2D eigenvalue weighted by Crippen LogP contribution is 2.24. The molecule has 3 nitrogen and oxygen atoms in total. The van der Waals surface area contributed by atoms with Gasteiger partial charge in [0.15, 0.2) is 0 Å². The van der Waals surface area contributed by atoms with Crippen molar-refractivity contribution in [2.24, 2.45) is 5.92 Å². The van der Waals surface area contributed by atoms with Gasteiger partial charge in [-0.1, -0.05) is 0 Å². The van der Waals surface area contributed by atoms with Crippen LogP contribution in [-0.2, 0) is 4.74 Å². The lowest BCUT2D eigenvalue weighted by Gasteiger charge is -2.28. The van der Waals surface area contributed by atoms with E-state index in [0.29, 0.717) is 0 Å². The van der Waals surface area contributed by atoms with E-state index >= 15 is 0 Å². The van der Waals surface area contributed by atoms with Gasteiger partial charge in [0.05, 0.1) is 11.7 Å². The molecule has 0 saturated carbocycles. The molecule has 2 N–H and O–H groups in total. The molecule has 0 spiro atoms. The number of hydrogen-bond donors (Lipinski definition) is 2. The fourth-order valence-electron chi connectivity index (χ4n) is 1.61. The van der Waals surface area contributed by atoms with Gasteiger partial charge in [0.25, 0.3) is 0 Å². The molecule has 1 aliphatic heterocycles. The summed E-state index contributed by atoms with van der Waals surface area (Å²) in [6, 6.07) is 0. The minimum Gasteiger partial charge on any atom is -0.390 e. The predicted octanol–water partition coefficient (Wildman–Crippen LogP) is -0.00830. The van der Waals surface area contributed by atoms with Gasteiger partial charge in [-0.25, -0.2) is 0 Å². The monoisotopic (exact) mass is 159 g/mol. The van der Waals surface area contributed by atoms with E-state index in [2.05, 4.69) is 5.32 Å². The van der Waals surface area contributed by atoms with Gasteiger partial charge in [0.2, 0.25) is 0 Å². The van der Waals surface area contributed by atoms with Crippen LogP contribution in [0.3, 0.4) is 0 Å². The lowest BCUT2D eigenvalue weighted by molar-refractivity contribution is -0.0382. The molecule has 1 fully saturated rings. The Labute approximate surface area is 67.7 Å². The Balaban J connectivity index is 2.57. The Morgan fingerprint density at radius 1 is 1.45 bits per heavy atom. The quantitative estimate of drug-likeness (QED) is 0.595. The fourth-order valence-corrected chi connectivity index (χ4v) is 1.61. The molecule has 0 aromatic carbocycles. The minimum absolute atomic E-state index is 0.162. The summed E-state index contributed by atoms with van der Waals surface area (Å²) >= 11 is 0. The van der Waals surface area contributed by atoms with Crippen molar-refractivity contribution in [3.8, 4) is 0 Å². The van der Waals surface area contributed by atoms with Gasteiger partial charge in [-0.15, -0.1) is 0 Å². The Hall–Kier alpha value is -0.120. The number of hydrogen-bond acceptors (Lipinski definition) is 3. The van der Waals surface area contributed by atoms with Crippen molar-refractivity contribution in [3.05, 3.63) is 0 Å². The van der Waals surface area contributed by atoms with E-state index in [1.807, 2.05) is 13.8 Å². The number of methoxy groups -OCH3 is 1. The predicted molar refractivity (Wildman–Crippen MR) is 43.5 cm³/mol. The smallest absolute Gasteiger partial charge is 0.0763 e. The summed E-state index contributed by atoms with van der Waals surface area (Å²) in [5.41, 5.74) is -0.635. The zero-order chi connectivity index (χ0) is 8.48. The normalized spacial score (nSPS) is 32.7. The van der Waals surface area contributed by atoms with Crippen molar-refractivity contribution in [1.29, 1.82) is 0 Å². The van der Waals surface area contributed by atoms with Crippen molar-refractivity contribution in [2.45, 2.75) is 25.6 Å². The third-order valence-electron chi connectivity index (χ3n) is 2.37. The van der Waals surface area contributed by atoms with Crippen LogP contribution >= 0.6 is 0 Å². The van der Waals surface area contributed by atoms with Crippen LogP contribution in [0.2, 0.25) is 0 Å². The first-order valence-corrected chi connectivity index (χ1v) is 4.01. The number of rotatable bonds is 2. The first-order valence-electron chi connectivity index (χ1n) is 4.01. The summed E-state index contributed by atoms with van der Waals surface area (Å²) in [7, 11) is 1.69. The molecule has 3 heteroatoms. The molecule has 0 amide bonds. The number of nitrogens with one attached hydrogen (secondary N) is 1. The van der Waals surface area contributed by atoms with Gasteiger partial charge < -0.3 is 15.2 Å². The van der Waals surface area contributed by atoms with Gasteiger partial charge in [0, 0.05) is 26.1 Å². The SMILES string of the molecule is CO[C@@H]1CNC[C@H]1C(C)(C)O. The highest BCUT2D eigenvalue weighted by Gasteiger charge is 2.37. The molecule has 1 heterocycles. The number of aliphatic hydroxyl groups is 1. The Morgan fingerprint density at radius 2 is 2.09 bits per heavy atom. The zero-order valence-corrected chi connectivity index (χ0v) is 7.42. The Kier molecular flexibility index (Phi) is 2.52. The summed E-state index contributed by atoms with van der Waals surface area (Å²) in [6.07, 6.45) is 0.162. The molecule has 0 radical (unpaired) electrons. The second-order valence-corrected chi connectivity index (χ2v) is 3.69. The summed E-state index contributed by atoms with van der Waals surface area (Å²) < 4.78 is 5.23. The molecule has 0 bridgehead atoms. The molecular formula is C8H17NO2. The first kappa shape index (κ1) is 8.97. The second kappa shape index (κ2) is 3.09. The van der Waals surface area contributed by atoms with E-state index in [9.17, 15) is 5.11 Å². The summed E-state index contributed by atoms with van der Waals surface area (Å²) in [5, 5.41) is 12.9. The second-order valence-electron chi connectivity index (χ2n) is 3.69. The van der Waals surface area contributed by atoms with Gasteiger partial charge in [-0.05, 0) is 13.8 Å². The van der Waals surface area contributed by atoms with Gasteiger partial charge >= 0.3 is 0 Å². The molecule has 0 aromatic heterocycles. The van der Waals surface area contributed by atoms with Crippen LogP contribution in [0.5, 0.6) is 0 Å². The van der Waals surface area contributed by atoms with Crippen molar-refractivity contribution in [3.63, 3.8) is 0 Å². The highest BCUT2D eigenvalue weighted by atomic mass is 16.5. The molecule has 1 rings (SSSR count). The zero-order valence-electron chi connectivity index (χ0n) is 7.42. The van der Waals surface area contributed by atoms with Gasteiger partial charge in [0.1, 0.15) is 0 Å². The fraction of sp³-hybridized carbons (Fsp3) is 1.00. The summed E-state index contributed by atoms with van der Waals surface area (Å²) in [6.45, 7) is 5.36. The van der Waals surface area contributed by atoms with E-state index in [4.69, 9.17) is 4.74 Å². The van der Waals surface area contributed by atoms with Crippen LogP contribution in [0, 0.1) is 5.92 Å². The highest BCUT2D eigenvalue weighted by molar-refractivity contribution is 4.91. The van der Waals surface area contributed by atoms with Gasteiger partial charge in [-0.2, -0.15) is 0 Å². The average molecular weight is 159 g/mol. The lowest BCUT2D eigenvalue weighted by atomic mass is 9.88. The largest absolute Gasteiger partial charge is 0.390 e. The summed E-state index contributed by atoms with van der Waals surface area (Å²) in [5.74, 6) is 0.215. The standard InChI is InChI=1S/C8H17NO2/c1-8(2,10)6-4-9-5-7(6)11-3/h6-7,9-10H,4-5H2,1-3H3/t6-,7-/m1/s1. The van der Waals surface area contributed by atoms with Crippen molar-refractivity contribution in [2.75, 3.05) is 20.2 Å². The average Bonchev–Trinajstić information content (AvgIpc) is 2.31. The van der Waals surface area contributed by atoms with Gasteiger partial charge in [-0.3, -0.25) is 0 Å². The maximum absolute atomic E-state index is 9.70. The maximum Gasteiger partial charge on any atom is 0.0763 e. The topological polar surface area (TPSA) is 41.5 Å². The Bertz CT molecular complexity index is 131. The van der Waals surface area contributed by atoms with E-state index in [1.165, 1.54) is 0 Å². The molecule has 0 aliphatic carbocycles. The van der Waals surface area contributed by atoms with Crippen LogP contribution in [0.1, 0.15) is 13.8 Å². The van der Waals surface area contributed by atoms with E-state index in [0.717, 1.165) is 13.1 Å². The molecule has 0 aromatic rings. The van der Waals surface area contributed by atoms with Crippen molar-refractivity contribution < 1.29 is 9.84 Å². The van der Waals surface area contributed by atoms with Crippen LogP contribution in [-0.4, -0.2) is 37.0 Å². The summed E-state index contributed by atoms with van der Waals surface area (Å²) in [4.78, 5) is 0. The molecule has 1 saturated heterocycles. The maximum atomic E-state index is 9.70. The Morgan fingerprint density at radius 3 is 2.45 bits per heavy atom. The number of ether oxygens (including phenoxy) is 1. The third kappa shape index (κ3) is 1.92. The minimum atomic E-state index is -0.635. The molecule has 0 unspecified atom stereocenters. The van der Waals surface area contributed by atoms with E-state index in [1.54, 1.807) is 7.11 Å². The first-order chi connectivity index (χ1) is 5.05. The molecule has 1 aliphatic rings. The lowest BCUT2D eigenvalue weighted by Crippen LogP contribution is -2.39. The van der Waals surface area contributed by atoms with E-state index < -0.39 is 5.60 Å². The van der Waals surface area contributed by atoms with Crippen LogP contribution in [0.25, 0.3) is 0 Å².